The lowest BCUT2D eigenvalue weighted by atomic mass is 9.99. The number of hydrogen-bond donors (Lipinski definition) is 1. The third kappa shape index (κ3) is 3.17. The highest BCUT2D eigenvalue weighted by Crippen LogP contribution is 2.33. The molecular weight excluding hydrogens is 282 g/mol. The molecule has 3 nitrogen and oxygen atoms in total. The Morgan fingerprint density at radius 1 is 1.29 bits per heavy atom. The summed E-state index contributed by atoms with van der Waals surface area (Å²) in [5.74, 6) is -0.728. The number of fused-ring (bicyclic) bond motifs is 1. The monoisotopic (exact) mass is 301 g/mol. The van der Waals surface area contributed by atoms with Crippen LogP contribution in [-0.4, -0.2) is 29.1 Å². The molecule has 1 aliphatic heterocycles. The smallest absolute Gasteiger partial charge is 0.325 e. The molecule has 2 aromatic rings. The fourth-order valence-electron chi connectivity index (χ4n) is 3.03. The SMILES string of the molecule is O=C(O)C1c2ccsc2CCN1CCCc1ccccc1. The molecule has 0 spiro atoms. The van der Waals surface area contributed by atoms with Gasteiger partial charge in [0.2, 0.25) is 0 Å². The molecule has 2 heterocycles. The molecule has 21 heavy (non-hydrogen) atoms. The maximum Gasteiger partial charge on any atom is 0.325 e. The summed E-state index contributed by atoms with van der Waals surface area (Å²) in [6.45, 7) is 1.68. The predicted octanol–water partition coefficient (Wildman–Crippen LogP) is 3.36. The van der Waals surface area contributed by atoms with Crippen molar-refractivity contribution in [2.75, 3.05) is 13.1 Å². The normalized spacial score (nSPS) is 18.4. The van der Waals surface area contributed by atoms with E-state index in [0.29, 0.717) is 0 Å². The summed E-state index contributed by atoms with van der Waals surface area (Å²) in [5.41, 5.74) is 2.32. The summed E-state index contributed by atoms with van der Waals surface area (Å²) in [6, 6.07) is 11.9. The first kappa shape index (κ1) is 14.3. The Morgan fingerprint density at radius 3 is 2.86 bits per heavy atom. The summed E-state index contributed by atoms with van der Waals surface area (Å²) in [5, 5.41) is 11.6. The van der Waals surface area contributed by atoms with Gasteiger partial charge in [-0.3, -0.25) is 9.69 Å². The molecule has 0 fully saturated rings. The topological polar surface area (TPSA) is 40.5 Å². The Morgan fingerprint density at radius 2 is 2.10 bits per heavy atom. The van der Waals surface area contributed by atoms with Gasteiger partial charge in [0.25, 0.3) is 0 Å². The molecule has 1 unspecified atom stereocenters. The fraction of sp³-hybridized carbons (Fsp3) is 0.353. The zero-order chi connectivity index (χ0) is 14.7. The maximum atomic E-state index is 11.6. The van der Waals surface area contributed by atoms with E-state index >= 15 is 0 Å². The molecular formula is C17H19NO2S. The molecule has 0 radical (unpaired) electrons. The highest BCUT2D eigenvalue weighted by atomic mass is 32.1. The first-order chi connectivity index (χ1) is 10.3. The Kier molecular flexibility index (Phi) is 4.36. The lowest BCUT2D eigenvalue weighted by Gasteiger charge is -2.33. The van der Waals surface area contributed by atoms with Crippen LogP contribution in [0.15, 0.2) is 41.8 Å². The van der Waals surface area contributed by atoms with Crippen LogP contribution in [0.4, 0.5) is 0 Å². The van der Waals surface area contributed by atoms with E-state index in [1.54, 1.807) is 11.3 Å². The van der Waals surface area contributed by atoms with Crippen LogP contribution in [0.25, 0.3) is 0 Å². The maximum absolute atomic E-state index is 11.6. The number of rotatable bonds is 5. The summed E-state index contributed by atoms with van der Waals surface area (Å²) >= 11 is 1.68. The molecule has 0 saturated heterocycles. The van der Waals surface area contributed by atoms with Crippen molar-refractivity contribution in [2.24, 2.45) is 0 Å². The van der Waals surface area contributed by atoms with Gasteiger partial charge in [-0.2, -0.15) is 0 Å². The minimum atomic E-state index is -0.728. The quantitative estimate of drug-likeness (QED) is 0.920. The van der Waals surface area contributed by atoms with Gasteiger partial charge in [0, 0.05) is 11.4 Å². The summed E-state index contributed by atoms with van der Waals surface area (Å²) in [6.07, 6.45) is 2.97. The van der Waals surface area contributed by atoms with Crippen LogP contribution in [-0.2, 0) is 17.6 Å². The minimum absolute atomic E-state index is 0.462. The van der Waals surface area contributed by atoms with E-state index in [1.807, 2.05) is 29.6 Å². The number of aliphatic carboxylic acids is 1. The number of benzene rings is 1. The van der Waals surface area contributed by atoms with E-state index in [4.69, 9.17) is 0 Å². The van der Waals surface area contributed by atoms with Crippen LogP contribution in [0.1, 0.15) is 28.5 Å². The average Bonchev–Trinajstić information content (AvgIpc) is 2.96. The van der Waals surface area contributed by atoms with Gasteiger partial charge >= 0.3 is 5.97 Å². The van der Waals surface area contributed by atoms with E-state index in [9.17, 15) is 9.90 Å². The summed E-state index contributed by atoms with van der Waals surface area (Å²) < 4.78 is 0. The number of carboxylic acids is 1. The van der Waals surface area contributed by atoms with E-state index in [-0.39, 0.29) is 0 Å². The second kappa shape index (κ2) is 6.41. The first-order valence-electron chi connectivity index (χ1n) is 7.33. The van der Waals surface area contributed by atoms with E-state index in [0.717, 1.165) is 37.9 Å². The van der Waals surface area contributed by atoms with Crippen LogP contribution in [0.5, 0.6) is 0 Å². The largest absolute Gasteiger partial charge is 0.480 e. The van der Waals surface area contributed by atoms with Crippen molar-refractivity contribution in [2.45, 2.75) is 25.3 Å². The Hall–Kier alpha value is -1.65. The third-order valence-corrected chi connectivity index (χ3v) is 5.05. The third-order valence-electron chi connectivity index (χ3n) is 4.05. The van der Waals surface area contributed by atoms with Crippen molar-refractivity contribution in [3.8, 4) is 0 Å². The van der Waals surface area contributed by atoms with Gasteiger partial charge in [0.15, 0.2) is 0 Å². The molecule has 110 valence electrons. The standard InChI is InChI=1S/C17H19NO2S/c19-17(20)16-14-9-12-21-15(14)8-11-18(16)10-4-7-13-5-2-1-3-6-13/h1-3,5-6,9,12,16H,4,7-8,10-11H2,(H,19,20). The molecule has 0 saturated carbocycles. The minimum Gasteiger partial charge on any atom is -0.480 e. The van der Waals surface area contributed by atoms with Crippen LogP contribution in [0, 0.1) is 0 Å². The van der Waals surface area contributed by atoms with Gasteiger partial charge in [0.1, 0.15) is 6.04 Å². The summed E-state index contributed by atoms with van der Waals surface area (Å²) in [7, 11) is 0. The van der Waals surface area contributed by atoms with Gasteiger partial charge in [-0.05, 0) is 48.4 Å². The number of nitrogens with zero attached hydrogens (tertiary/aromatic N) is 1. The molecule has 1 aliphatic rings. The zero-order valence-corrected chi connectivity index (χ0v) is 12.7. The van der Waals surface area contributed by atoms with Crippen molar-refractivity contribution in [3.63, 3.8) is 0 Å². The Bertz CT molecular complexity index is 608. The van der Waals surface area contributed by atoms with E-state index in [1.165, 1.54) is 10.4 Å². The van der Waals surface area contributed by atoms with Crippen molar-refractivity contribution >= 4 is 17.3 Å². The Labute approximate surface area is 128 Å². The molecule has 3 rings (SSSR count). The average molecular weight is 301 g/mol. The van der Waals surface area contributed by atoms with Gasteiger partial charge in [-0.1, -0.05) is 30.3 Å². The molecule has 1 N–H and O–H groups in total. The number of carbonyl (C=O) groups is 1. The second-order valence-electron chi connectivity index (χ2n) is 5.42. The number of aryl methyl sites for hydroxylation is 1. The highest BCUT2D eigenvalue weighted by Gasteiger charge is 2.33. The zero-order valence-electron chi connectivity index (χ0n) is 11.9. The molecule has 4 heteroatoms. The first-order valence-corrected chi connectivity index (χ1v) is 8.21. The van der Waals surface area contributed by atoms with Crippen molar-refractivity contribution in [3.05, 3.63) is 57.8 Å². The van der Waals surface area contributed by atoms with Gasteiger partial charge < -0.3 is 5.11 Å². The molecule has 1 aromatic heterocycles. The number of hydrogen-bond acceptors (Lipinski definition) is 3. The van der Waals surface area contributed by atoms with Crippen molar-refractivity contribution in [1.82, 2.24) is 4.90 Å². The molecule has 1 atom stereocenters. The van der Waals surface area contributed by atoms with E-state index in [2.05, 4.69) is 17.0 Å². The summed E-state index contributed by atoms with van der Waals surface area (Å²) in [4.78, 5) is 15.0. The van der Waals surface area contributed by atoms with Gasteiger partial charge in [-0.25, -0.2) is 0 Å². The van der Waals surface area contributed by atoms with Gasteiger partial charge in [-0.15, -0.1) is 11.3 Å². The number of carboxylic acid groups (broad SMARTS) is 1. The van der Waals surface area contributed by atoms with Crippen LogP contribution in [0.3, 0.4) is 0 Å². The van der Waals surface area contributed by atoms with Crippen LogP contribution in [0.2, 0.25) is 0 Å². The molecule has 0 amide bonds. The lowest BCUT2D eigenvalue weighted by Crippen LogP contribution is -2.39. The fourth-order valence-corrected chi connectivity index (χ4v) is 3.93. The molecule has 0 aliphatic carbocycles. The highest BCUT2D eigenvalue weighted by molar-refractivity contribution is 7.10. The Balaban J connectivity index is 1.64. The van der Waals surface area contributed by atoms with Gasteiger partial charge in [0.05, 0.1) is 0 Å². The molecule has 1 aromatic carbocycles. The number of thiophene rings is 1. The van der Waals surface area contributed by atoms with Crippen molar-refractivity contribution < 1.29 is 9.90 Å². The molecule has 0 bridgehead atoms. The second-order valence-corrected chi connectivity index (χ2v) is 6.42. The van der Waals surface area contributed by atoms with Crippen LogP contribution < -0.4 is 0 Å². The predicted molar refractivity (Wildman–Crippen MR) is 84.7 cm³/mol. The van der Waals surface area contributed by atoms with E-state index < -0.39 is 12.0 Å². The van der Waals surface area contributed by atoms with Crippen LogP contribution >= 0.6 is 11.3 Å². The lowest BCUT2D eigenvalue weighted by molar-refractivity contribution is -0.144. The van der Waals surface area contributed by atoms with Crippen molar-refractivity contribution in [1.29, 1.82) is 0 Å².